The summed E-state index contributed by atoms with van der Waals surface area (Å²) in [5.74, 6) is -0.595. The molecule has 1 fully saturated rings. The number of urea groups is 1. The number of halogens is 1. The van der Waals surface area contributed by atoms with E-state index in [1.807, 2.05) is 27.7 Å². The summed E-state index contributed by atoms with van der Waals surface area (Å²) in [5, 5.41) is 2.72. The van der Waals surface area contributed by atoms with E-state index >= 15 is 0 Å². The van der Waals surface area contributed by atoms with Crippen LogP contribution in [0.1, 0.15) is 46.6 Å². The molecular formula is C21H30FN3O3. The van der Waals surface area contributed by atoms with E-state index in [1.165, 1.54) is 24.3 Å². The van der Waals surface area contributed by atoms with Crippen LogP contribution >= 0.6 is 0 Å². The summed E-state index contributed by atoms with van der Waals surface area (Å²) < 4.78 is 13.3. The first-order valence-corrected chi connectivity index (χ1v) is 9.78. The van der Waals surface area contributed by atoms with Gasteiger partial charge in [-0.15, -0.1) is 0 Å². The number of hydrogen-bond acceptors (Lipinski definition) is 3. The SMILES string of the molecule is CC[C@@]1(c2ccc(F)cc2)NC(=O)N(CC(=O)N(CC(C)C)CC(C)C)C1=O. The molecule has 0 radical (unpaired) electrons. The van der Waals surface area contributed by atoms with Gasteiger partial charge in [0.1, 0.15) is 17.9 Å². The van der Waals surface area contributed by atoms with Gasteiger partial charge in [0.05, 0.1) is 0 Å². The average Bonchev–Trinajstić information content (AvgIpc) is 2.86. The maximum atomic E-state index is 13.3. The van der Waals surface area contributed by atoms with Gasteiger partial charge in [-0.3, -0.25) is 14.5 Å². The van der Waals surface area contributed by atoms with E-state index in [4.69, 9.17) is 0 Å². The third kappa shape index (κ3) is 4.51. The first kappa shape index (κ1) is 21.9. The van der Waals surface area contributed by atoms with Gasteiger partial charge in [-0.05, 0) is 36.0 Å². The molecule has 1 N–H and O–H groups in total. The third-order valence-corrected chi connectivity index (χ3v) is 4.86. The quantitative estimate of drug-likeness (QED) is 0.692. The number of hydrogen-bond donors (Lipinski definition) is 1. The molecule has 0 saturated carbocycles. The topological polar surface area (TPSA) is 69.7 Å². The molecule has 28 heavy (non-hydrogen) atoms. The smallest absolute Gasteiger partial charge is 0.325 e. The highest BCUT2D eigenvalue weighted by molar-refractivity contribution is 6.09. The van der Waals surface area contributed by atoms with Gasteiger partial charge >= 0.3 is 6.03 Å². The van der Waals surface area contributed by atoms with Crippen LogP contribution in [0.3, 0.4) is 0 Å². The molecule has 1 saturated heterocycles. The van der Waals surface area contributed by atoms with Crippen molar-refractivity contribution in [1.82, 2.24) is 15.1 Å². The lowest BCUT2D eigenvalue weighted by Crippen LogP contribution is -2.47. The van der Waals surface area contributed by atoms with Crippen molar-refractivity contribution in [3.8, 4) is 0 Å². The number of nitrogens with zero attached hydrogens (tertiary/aromatic N) is 2. The monoisotopic (exact) mass is 391 g/mol. The molecule has 7 heteroatoms. The fraction of sp³-hybridized carbons (Fsp3) is 0.571. The Balaban J connectivity index is 2.24. The van der Waals surface area contributed by atoms with E-state index in [-0.39, 0.29) is 24.3 Å². The maximum Gasteiger partial charge on any atom is 0.325 e. The normalized spacial score (nSPS) is 19.5. The molecule has 1 aliphatic rings. The zero-order valence-electron chi connectivity index (χ0n) is 17.3. The van der Waals surface area contributed by atoms with Crippen LogP contribution in [0.15, 0.2) is 24.3 Å². The van der Waals surface area contributed by atoms with E-state index in [0.717, 1.165) is 4.90 Å². The number of amides is 4. The van der Waals surface area contributed by atoms with Gasteiger partial charge < -0.3 is 10.2 Å². The van der Waals surface area contributed by atoms with E-state index in [9.17, 15) is 18.8 Å². The fourth-order valence-electron chi connectivity index (χ4n) is 3.54. The standard InChI is InChI=1S/C21H30FN3O3/c1-6-21(16-7-9-17(22)10-8-16)19(27)25(20(28)23-21)13-18(26)24(11-14(2)3)12-15(4)5/h7-10,14-15H,6,11-13H2,1-5H3,(H,23,28)/t21-/m0/s1. The van der Waals surface area contributed by atoms with E-state index in [1.54, 1.807) is 11.8 Å². The second kappa shape index (κ2) is 8.71. The summed E-state index contributed by atoms with van der Waals surface area (Å²) in [4.78, 5) is 41.2. The lowest BCUT2D eigenvalue weighted by molar-refractivity contribution is -0.139. The molecular weight excluding hydrogens is 361 g/mol. The van der Waals surface area contributed by atoms with Crippen LogP contribution < -0.4 is 5.32 Å². The Morgan fingerprint density at radius 1 is 1.11 bits per heavy atom. The molecule has 1 aliphatic heterocycles. The van der Waals surface area contributed by atoms with Crippen molar-refractivity contribution in [1.29, 1.82) is 0 Å². The summed E-state index contributed by atoms with van der Waals surface area (Å²) in [7, 11) is 0. The maximum absolute atomic E-state index is 13.3. The van der Waals surface area contributed by atoms with Crippen LogP contribution in [-0.2, 0) is 15.1 Å². The van der Waals surface area contributed by atoms with Gasteiger partial charge in [-0.1, -0.05) is 46.8 Å². The Morgan fingerprint density at radius 3 is 2.11 bits per heavy atom. The number of benzene rings is 1. The second-order valence-electron chi connectivity index (χ2n) is 8.17. The van der Waals surface area contributed by atoms with Gasteiger partial charge in [0.2, 0.25) is 5.91 Å². The lowest BCUT2D eigenvalue weighted by Gasteiger charge is -2.28. The van der Waals surface area contributed by atoms with Crippen LogP contribution in [0, 0.1) is 17.7 Å². The van der Waals surface area contributed by atoms with Gasteiger partial charge in [-0.2, -0.15) is 0 Å². The Kier molecular flexibility index (Phi) is 6.80. The highest BCUT2D eigenvalue weighted by atomic mass is 19.1. The van der Waals surface area contributed by atoms with Crippen molar-refractivity contribution in [2.45, 2.75) is 46.6 Å². The van der Waals surface area contributed by atoms with Crippen molar-refractivity contribution in [3.63, 3.8) is 0 Å². The summed E-state index contributed by atoms with van der Waals surface area (Å²) in [5.41, 5.74) is -0.766. The lowest BCUT2D eigenvalue weighted by atomic mass is 9.87. The van der Waals surface area contributed by atoms with E-state index in [0.29, 0.717) is 25.1 Å². The van der Waals surface area contributed by atoms with Crippen molar-refractivity contribution < 1.29 is 18.8 Å². The van der Waals surface area contributed by atoms with Gasteiger partial charge in [-0.25, -0.2) is 9.18 Å². The van der Waals surface area contributed by atoms with E-state index in [2.05, 4.69) is 5.32 Å². The highest BCUT2D eigenvalue weighted by Crippen LogP contribution is 2.32. The molecule has 1 atom stereocenters. The van der Waals surface area contributed by atoms with Gasteiger partial charge in [0.25, 0.3) is 5.91 Å². The number of carbonyl (C=O) groups is 3. The number of nitrogens with one attached hydrogen (secondary N) is 1. The van der Waals surface area contributed by atoms with Crippen LogP contribution in [0.2, 0.25) is 0 Å². The summed E-state index contributed by atoms with van der Waals surface area (Å²) in [6.07, 6.45) is 0.301. The van der Waals surface area contributed by atoms with Gasteiger partial charge in [0, 0.05) is 13.1 Å². The summed E-state index contributed by atoms with van der Waals surface area (Å²) in [6.45, 7) is 10.7. The first-order chi connectivity index (χ1) is 13.1. The van der Waals surface area contributed by atoms with Crippen LogP contribution in [0.5, 0.6) is 0 Å². The Hall–Kier alpha value is -2.44. The Morgan fingerprint density at radius 2 is 1.64 bits per heavy atom. The van der Waals surface area contributed by atoms with Crippen LogP contribution in [0.25, 0.3) is 0 Å². The largest absolute Gasteiger partial charge is 0.341 e. The van der Waals surface area contributed by atoms with E-state index < -0.39 is 23.3 Å². The summed E-state index contributed by atoms with van der Waals surface area (Å²) >= 11 is 0. The minimum atomic E-state index is -1.27. The number of carbonyl (C=O) groups excluding carboxylic acids is 3. The Labute approximate surface area is 166 Å². The van der Waals surface area contributed by atoms with Crippen molar-refractivity contribution in [2.75, 3.05) is 19.6 Å². The summed E-state index contributed by atoms with van der Waals surface area (Å²) in [6, 6.07) is 4.90. The predicted molar refractivity (Wildman–Crippen MR) is 105 cm³/mol. The average molecular weight is 391 g/mol. The second-order valence-corrected chi connectivity index (χ2v) is 8.17. The molecule has 154 valence electrons. The zero-order chi connectivity index (χ0) is 21.1. The molecule has 2 rings (SSSR count). The highest BCUT2D eigenvalue weighted by Gasteiger charge is 2.51. The molecule has 0 bridgehead atoms. The van der Waals surface area contributed by atoms with Gasteiger partial charge in [0.15, 0.2) is 0 Å². The minimum Gasteiger partial charge on any atom is -0.341 e. The molecule has 1 aromatic carbocycles. The van der Waals surface area contributed by atoms with Crippen LogP contribution in [-0.4, -0.2) is 47.3 Å². The molecule has 0 unspecified atom stereocenters. The first-order valence-electron chi connectivity index (χ1n) is 9.78. The fourth-order valence-corrected chi connectivity index (χ4v) is 3.54. The third-order valence-electron chi connectivity index (χ3n) is 4.86. The predicted octanol–water partition coefficient (Wildman–Crippen LogP) is 3.12. The van der Waals surface area contributed by atoms with Crippen molar-refractivity contribution in [2.24, 2.45) is 11.8 Å². The molecule has 4 amide bonds. The molecule has 1 aromatic rings. The molecule has 6 nitrogen and oxygen atoms in total. The zero-order valence-corrected chi connectivity index (χ0v) is 17.3. The van der Waals surface area contributed by atoms with Crippen molar-refractivity contribution in [3.05, 3.63) is 35.6 Å². The Bertz CT molecular complexity index is 723. The van der Waals surface area contributed by atoms with Crippen LogP contribution in [0.4, 0.5) is 9.18 Å². The molecule has 1 heterocycles. The molecule has 0 spiro atoms. The molecule has 0 aromatic heterocycles. The molecule has 0 aliphatic carbocycles. The van der Waals surface area contributed by atoms with Crippen molar-refractivity contribution >= 4 is 17.8 Å². The number of imide groups is 1. The minimum absolute atomic E-state index is 0.253. The number of rotatable bonds is 8.